The zero-order valence-corrected chi connectivity index (χ0v) is 10.1. The van der Waals surface area contributed by atoms with E-state index in [-0.39, 0.29) is 0 Å². The molecule has 2 rings (SSSR count). The summed E-state index contributed by atoms with van der Waals surface area (Å²) in [4.78, 5) is 6.78. The smallest absolute Gasteiger partial charge is 0.106 e. The van der Waals surface area contributed by atoms with Crippen molar-refractivity contribution in [1.82, 2.24) is 15.2 Å². The van der Waals surface area contributed by atoms with Crippen molar-refractivity contribution in [3.8, 4) is 0 Å². The van der Waals surface area contributed by atoms with Crippen molar-refractivity contribution >= 4 is 11.3 Å². The molecule has 0 aromatic carbocycles. The van der Waals surface area contributed by atoms with E-state index in [4.69, 9.17) is 0 Å². The zero-order chi connectivity index (χ0) is 10.5. The van der Waals surface area contributed by atoms with Gasteiger partial charge in [0.15, 0.2) is 0 Å². The van der Waals surface area contributed by atoms with Crippen LogP contribution in [0.3, 0.4) is 0 Å². The quantitative estimate of drug-likeness (QED) is 0.824. The Morgan fingerprint density at radius 1 is 1.67 bits per heavy atom. The minimum absolute atomic E-state index is 0.838. The van der Waals surface area contributed by atoms with E-state index >= 15 is 0 Å². The largest absolute Gasteiger partial charge is 0.310 e. The second-order valence-corrected chi connectivity index (χ2v) is 5.08. The van der Waals surface area contributed by atoms with Crippen LogP contribution in [0.25, 0.3) is 0 Å². The van der Waals surface area contributed by atoms with E-state index in [1.54, 1.807) is 11.3 Å². The van der Waals surface area contributed by atoms with Gasteiger partial charge in [-0.1, -0.05) is 6.92 Å². The monoisotopic (exact) mass is 225 g/mol. The zero-order valence-electron chi connectivity index (χ0n) is 9.28. The minimum Gasteiger partial charge on any atom is -0.310 e. The number of thiazole rings is 1. The highest BCUT2D eigenvalue weighted by Gasteiger charge is 2.20. The van der Waals surface area contributed by atoms with E-state index in [1.165, 1.54) is 31.1 Å². The van der Waals surface area contributed by atoms with Crippen molar-refractivity contribution in [2.24, 2.45) is 5.92 Å². The molecule has 3 nitrogen and oxygen atoms in total. The van der Waals surface area contributed by atoms with Gasteiger partial charge in [-0.25, -0.2) is 4.98 Å². The van der Waals surface area contributed by atoms with E-state index in [9.17, 15) is 0 Å². The number of hydrogen-bond donors (Lipinski definition) is 1. The second-order valence-electron chi connectivity index (χ2n) is 4.10. The molecule has 4 heteroatoms. The summed E-state index contributed by atoms with van der Waals surface area (Å²) in [6.45, 7) is 8.05. The molecule has 1 aromatic heterocycles. The standard InChI is InChI=1S/C11H19N3S/c1-2-14-5-3-10(9-14)7-12-8-11-13-4-6-15-11/h4,6,10,12H,2-3,5,7-9H2,1H3. The van der Waals surface area contributed by atoms with Gasteiger partial charge < -0.3 is 10.2 Å². The second kappa shape index (κ2) is 5.58. The summed E-state index contributed by atoms with van der Waals surface area (Å²) in [5, 5.41) is 6.72. The Bertz CT molecular complexity index is 273. The summed E-state index contributed by atoms with van der Waals surface area (Å²) in [6.07, 6.45) is 3.22. The molecule has 1 fully saturated rings. The van der Waals surface area contributed by atoms with Crippen LogP contribution in [0.15, 0.2) is 11.6 Å². The van der Waals surface area contributed by atoms with Crippen LogP contribution in [0.1, 0.15) is 18.4 Å². The molecule has 0 saturated carbocycles. The van der Waals surface area contributed by atoms with Gasteiger partial charge in [-0.2, -0.15) is 0 Å². The van der Waals surface area contributed by atoms with Crippen LogP contribution in [0.4, 0.5) is 0 Å². The SMILES string of the molecule is CCN1CCC(CNCc2nccs2)C1. The summed E-state index contributed by atoms with van der Waals surface area (Å²) >= 11 is 1.73. The van der Waals surface area contributed by atoms with Crippen LogP contribution in [0, 0.1) is 5.92 Å². The lowest BCUT2D eigenvalue weighted by atomic mass is 10.1. The first-order valence-electron chi connectivity index (χ1n) is 5.70. The molecule has 1 saturated heterocycles. The highest BCUT2D eigenvalue weighted by Crippen LogP contribution is 2.14. The van der Waals surface area contributed by atoms with Gasteiger partial charge in [-0.15, -0.1) is 11.3 Å². The van der Waals surface area contributed by atoms with Gasteiger partial charge in [-0.3, -0.25) is 0 Å². The third-order valence-corrected chi connectivity index (χ3v) is 3.79. The number of hydrogen-bond acceptors (Lipinski definition) is 4. The third kappa shape index (κ3) is 3.26. The van der Waals surface area contributed by atoms with E-state index < -0.39 is 0 Å². The van der Waals surface area contributed by atoms with E-state index in [0.29, 0.717) is 0 Å². The van der Waals surface area contributed by atoms with Gasteiger partial charge in [-0.05, 0) is 32.0 Å². The molecular formula is C11H19N3S. The van der Waals surface area contributed by atoms with Crippen molar-refractivity contribution in [2.45, 2.75) is 19.9 Å². The number of aromatic nitrogens is 1. The normalized spacial score (nSPS) is 22.3. The van der Waals surface area contributed by atoms with Crippen LogP contribution in [-0.2, 0) is 6.54 Å². The average molecular weight is 225 g/mol. The summed E-state index contributed by atoms with van der Waals surface area (Å²) in [7, 11) is 0. The molecule has 1 aliphatic rings. The molecule has 1 aliphatic heterocycles. The fourth-order valence-corrected chi connectivity index (χ4v) is 2.68. The average Bonchev–Trinajstić information content (AvgIpc) is 2.88. The van der Waals surface area contributed by atoms with Gasteiger partial charge in [0, 0.05) is 24.7 Å². The molecule has 0 aliphatic carbocycles. The van der Waals surface area contributed by atoms with Gasteiger partial charge in [0.1, 0.15) is 5.01 Å². The Morgan fingerprint density at radius 3 is 3.27 bits per heavy atom. The van der Waals surface area contributed by atoms with Crippen molar-refractivity contribution < 1.29 is 0 Å². The summed E-state index contributed by atoms with van der Waals surface area (Å²) in [5.41, 5.74) is 0. The fourth-order valence-electron chi connectivity index (χ4n) is 2.09. The number of likely N-dealkylation sites (tertiary alicyclic amines) is 1. The molecular weight excluding hydrogens is 206 g/mol. The fraction of sp³-hybridized carbons (Fsp3) is 0.727. The van der Waals surface area contributed by atoms with E-state index in [1.807, 2.05) is 11.6 Å². The molecule has 0 radical (unpaired) electrons. The lowest BCUT2D eigenvalue weighted by molar-refractivity contribution is 0.339. The first kappa shape index (κ1) is 11.0. The summed E-state index contributed by atoms with van der Waals surface area (Å²) < 4.78 is 0. The molecule has 1 N–H and O–H groups in total. The van der Waals surface area contributed by atoms with Crippen molar-refractivity contribution in [1.29, 1.82) is 0 Å². The van der Waals surface area contributed by atoms with Crippen LogP contribution in [0.5, 0.6) is 0 Å². The molecule has 84 valence electrons. The Labute approximate surface area is 95.5 Å². The van der Waals surface area contributed by atoms with Gasteiger partial charge in [0.25, 0.3) is 0 Å². The third-order valence-electron chi connectivity index (χ3n) is 3.01. The highest BCUT2D eigenvalue weighted by molar-refractivity contribution is 7.09. The topological polar surface area (TPSA) is 28.2 Å². The highest BCUT2D eigenvalue weighted by atomic mass is 32.1. The summed E-state index contributed by atoms with van der Waals surface area (Å²) in [5.74, 6) is 0.838. The minimum atomic E-state index is 0.838. The van der Waals surface area contributed by atoms with Crippen molar-refractivity contribution in [3.05, 3.63) is 16.6 Å². The molecule has 0 amide bonds. The number of nitrogens with one attached hydrogen (secondary N) is 1. The van der Waals surface area contributed by atoms with Crippen LogP contribution in [0.2, 0.25) is 0 Å². The molecule has 0 bridgehead atoms. The Balaban J connectivity index is 1.63. The predicted molar refractivity (Wildman–Crippen MR) is 64.0 cm³/mol. The maximum atomic E-state index is 4.26. The Hall–Kier alpha value is -0.450. The first-order chi connectivity index (χ1) is 7.38. The Kier molecular flexibility index (Phi) is 4.11. The molecule has 2 heterocycles. The maximum Gasteiger partial charge on any atom is 0.106 e. The van der Waals surface area contributed by atoms with Gasteiger partial charge in [0.05, 0.1) is 0 Å². The lowest BCUT2D eigenvalue weighted by Crippen LogP contribution is -2.26. The van der Waals surface area contributed by atoms with Gasteiger partial charge in [0.2, 0.25) is 0 Å². The van der Waals surface area contributed by atoms with Crippen LogP contribution in [-0.4, -0.2) is 36.1 Å². The van der Waals surface area contributed by atoms with Crippen LogP contribution >= 0.6 is 11.3 Å². The molecule has 15 heavy (non-hydrogen) atoms. The molecule has 1 atom stereocenters. The maximum absolute atomic E-state index is 4.26. The Morgan fingerprint density at radius 2 is 2.60 bits per heavy atom. The molecule has 1 unspecified atom stereocenters. The van der Waals surface area contributed by atoms with E-state index in [2.05, 4.69) is 22.1 Å². The molecule has 0 spiro atoms. The lowest BCUT2D eigenvalue weighted by Gasteiger charge is -2.13. The number of rotatable bonds is 5. The first-order valence-corrected chi connectivity index (χ1v) is 6.58. The number of nitrogens with zero attached hydrogens (tertiary/aromatic N) is 2. The molecule has 1 aromatic rings. The summed E-state index contributed by atoms with van der Waals surface area (Å²) in [6, 6.07) is 0. The van der Waals surface area contributed by atoms with Gasteiger partial charge >= 0.3 is 0 Å². The predicted octanol–water partition coefficient (Wildman–Crippen LogP) is 1.57. The van der Waals surface area contributed by atoms with Crippen LogP contribution < -0.4 is 5.32 Å². The van der Waals surface area contributed by atoms with Crippen molar-refractivity contribution in [3.63, 3.8) is 0 Å². The van der Waals surface area contributed by atoms with Crippen molar-refractivity contribution in [2.75, 3.05) is 26.2 Å². The van der Waals surface area contributed by atoms with E-state index in [0.717, 1.165) is 19.0 Å².